The molecule has 0 saturated carbocycles. The summed E-state index contributed by atoms with van der Waals surface area (Å²) in [4.78, 5) is 57.1. The molecule has 4 heterocycles. The normalized spacial score (nSPS) is 24.0. The summed E-state index contributed by atoms with van der Waals surface area (Å²) in [6, 6.07) is 18.4. The zero-order valence-electron chi connectivity index (χ0n) is 23.0. The number of hydrogen-bond donors (Lipinski definition) is 1. The lowest BCUT2D eigenvalue weighted by Crippen LogP contribution is -2.68. The van der Waals surface area contributed by atoms with Crippen molar-refractivity contribution in [3.8, 4) is 11.5 Å². The molecule has 1 aromatic heterocycles. The second kappa shape index (κ2) is 10.5. The maximum Gasteiger partial charge on any atom is 0.335 e. The molecule has 10 heteroatoms. The van der Waals surface area contributed by atoms with Gasteiger partial charge < -0.3 is 18.9 Å². The van der Waals surface area contributed by atoms with Gasteiger partial charge in [-0.3, -0.25) is 19.7 Å². The van der Waals surface area contributed by atoms with E-state index in [9.17, 15) is 19.2 Å². The summed E-state index contributed by atoms with van der Waals surface area (Å²) in [6.45, 7) is 1.97. The van der Waals surface area contributed by atoms with Crippen molar-refractivity contribution < 1.29 is 23.9 Å². The largest absolute Gasteiger partial charge is 0.497 e. The highest BCUT2D eigenvalue weighted by atomic mass is 16.5. The van der Waals surface area contributed by atoms with Gasteiger partial charge in [-0.25, -0.2) is 9.69 Å². The number of urea groups is 1. The number of hydrogen-bond acceptors (Lipinski definition) is 7. The molecule has 3 aliphatic heterocycles. The molecule has 0 radical (unpaired) electrons. The van der Waals surface area contributed by atoms with Crippen LogP contribution in [0.2, 0.25) is 0 Å². The molecule has 3 unspecified atom stereocenters. The van der Waals surface area contributed by atoms with E-state index in [1.54, 1.807) is 55.6 Å². The minimum absolute atomic E-state index is 0.00268. The predicted molar refractivity (Wildman–Crippen MR) is 151 cm³/mol. The molecule has 3 aliphatic rings. The van der Waals surface area contributed by atoms with E-state index >= 15 is 0 Å². The van der Waals surface area contributed by atoms with Crippen LogP contribution in [0.25, 0.3) is 0 Å². The fraction of sp³-hybridized carbons (Fsp3) is 0.355. The molecule has 2 saturated heterocycles. The molecule has 10 nitrogen and oxygen atoms in total. The highest BCUT2D eigenvalue weighted by Gasteiger charge is 2.55. The molecular formula is C31H32N4O6. The first-order chi connectivity index (χ1) is 19.8. The van der Waals surface area contributed by atoms with Crippen LogP contribution in [0.3, 0.4) is 0 Å². The zero-order valence-corrected chi connectivity index (χ0v) is 23.0. The summed E-state index contributed by atoms with van der Waals surface area (Å²) in [7, 11) is 3.11. The number of likely N-dealkylation sites (tertiary alicyclic amines) is 1. The van der Waals surface area contributed by atoms with Crippen molar-refractivity contribution in [3.63, 3.8) is 0 Å². The average molecular weight is 557 g/mol. The first kappa shape index (κ1) is 26.8. The Morgan fingerprint density at radius 3 is 2.22 bits per heavy atom. The molecule has 2 fully saturated rings. The van der Waals surface area contributed by atoms with Gasteiger partial charge in [0.05, 0.1) is 19.9 Å². The number of ether oxygens (including phenoxy) is 2. The second-order valence-corrected chi connectivity index (χ2v) is 11.1. The lowest BCUT2D eigenvalue weighted by molar-refractivity contribution is -0.144. The van der Waals surface area contributed by atoms with Crippen LogP contribution >= 0.6 is 0 Å². The number of piperidine rings is 1. The summed E-state index contributed by atoms with van der Waals surface area (Å²) in [5.74, 6) is 0.379. The van der Waals surface area contributed by atoms with E-state index in [1.807, 2.05) is 22.8 Å². The Hall–Kier alpha value is -4.44. The third-order valence-electron chi connectivity index (χ3n) is 8.52. The Bertz CT molecular complexity index is 1550. The molecule has 3 atom stereocenters. The number of amides is 4. The van der Waals surface area contributed by atoms with Gasteiger partial charge >= 0.3 is 6.03 Å². The van der Waals surface area contributed by atoms with Gasteiger partial charge in [-0.05, 0) is 66.8 Å². The van der Waals surface area contributed by atoms with Gasteiger partial charge in [0, 0.05) is 43.9 Å². The topological polar surface area (TPSA) is 110 Å². The Balaban J connectivity index is 1.37. The Labute approximate surface area is 237 Å². The molecule has 41 heavy (non-hydrogen) atoms. The van der Waals surface area contributed by atoms with Gasteiger partial charge in [0.2, 0.25) is 5.91 Å². The van der Waals surface area contributed by atoms with E-state index in [4.69, 9.17) is 9.47 Å². The van der Waals surface area contributed by atoms with Crippen molar-refractivity contribution in [1.29, 1.82) is 0 Å². The summed E-state index contributed by atoms with van der Waals surface area (Å²) in [6.07, 6.45) is 1.05. The van der Waals surface area contributed by atoms with E-state index in [0.717, 1.165) is 22.6 Å². The number of imide groups is 2. The van der Waals surface area contributed by atoms with Crippen LogP contribution < -0.4 is 25.2 Å². The maximum atomic E-state index is 14.4. The summed E-state index contributed by atoms with van der Waals surface area (Å²) < 4.78 is 12.4. The first-order valence-electron chi connectivity index (χ1n) is 13.7. The minimum atomic E-state index is -1.57. The molecule has 2 bridgehead atoms. The third-order valence-corrected chi connectivity index (χ3v) is 8.52. The van der Waals surface area contributed by atoms with Crippen LogP contribution in [0.5, 0.6) is 11.5 Å². The van der Waals surface area contributed by atoms with Gasteiger partial charge in [-0.15, -0.1) is 0 Å². The van der Waals surface area contributed by atoms with E-state index in [0.29, 0.717) is 36.8 Å². The van der Waals surface area contributed by atoms with Crippen molar-refractivity contribution in [3.05, 3.63) is 88.3 Å². The lowest BCUT2D eigenvalue weighted by Gasteiger charge is -2.47. The Morgan fingerprint density at radius 1 is 0.854 bits per heavy atom. The Kier molecular flexibility index (Phi) is 6.86. The van der Waals surface area contributed by atoms with Crippen LogP contribution in [-0.2, 0) is 22.6 Å². The van der Waals surface area contributed by atoms with Gasteiger partial charge in [0.1, 0.15) is 16.9 Å². The number of aromatic nitrogens is 1. The van der Waals surface area contributed by atoms with E-state index in [-0.39, 0.29) is 30.4 Å². The number of anilines is 1. The second-order valence-electron chi connectivity index (χ2n) is 11.1. The standard InChI is InChI=1S/C31H32N4O6/c1-40-24-10-6-20(7-11-24)15-31(19-33-16-21-14-22(18-33)26-4-3-5-27(36)34(26)17-21)28(37)32-30(39)35(29(31)38)23-8-12-25(41-2)13-9-23/h3-13,21-22H,14-19H2,1-2H3,(H,32,37,39). The van der Waals surface area contributed by atoms with Gasteiger partial charge in [-0.2, -0.15) is 0 Å². The molecule has 4 amide bonds. The molecular weight excluding hydrogens is 524 g/mol. The summed E-state index contributed by atoms with van der Waals surface area (Å²) in [5, 5.41) is 2.48. The minimum Gasteiger partial charge on any atom is -0.497 e. The van der Waals surface area contributed by atoms with Crippen LogP contribution in [0.1, 0.15) is 23.6 Å². The maximum absolute atomic E-state index is 14.4. The van der Waals surface area contributed by atoms with Crippen molar-refractivity contribution in [2.24, 2.45) is 11.3 Å². The third kappa shape index (κ3) is 4.78. The molecule has 212 valence electrons. The van der Waals surface area contributed by atoms with E-state index in [2.05, 4.69) is 10.2 Å². The summed E-state index contributed by atoms with van der Waals surface area (Å²) >= 11 is 0. The number of nitrogens with zero attached hydrogens (tertiary/aromatic N) is 3. The fourth-order valence-electron chi connectivity index (χ4n) is 6.59. The van der Waals surface area contributed by atoms with Crippen molar-refractivity contribution in [2.45, 2.75) is 25.3 Å². The monoisotopic (exact) mass is 556 g/mol. The first-order valence-corrected chi connectivity index (χ1v) is 13.7. The number of barbiturate groups is 1. The zero-order chi connectivity index (χ0) is 28.7. The predicted octanol–water partition coefficient (Wildman–Crippen LogP) is 2.80. The number of methoxy groups -OCH3 is 2. The van der Waals surface area contributed by atoms with E-state index < -0.39 is 23.3 Å². The number of carbonyl (C=O) groups excluding carboxylic acids is 3. The smallest absolute Gasteiger partial charge is 0.335 e. The highest BCUT2D eigenvalue weighted by Crippen LogP contribution is 2.39. The van der Waals surface area contributed by atoms with Crippen molar-refractivity contribution in [1.82, 2.24) is 14.8 Å². The molecule has 6 rings (SSSR count). The quantitative estimate of drug-likeness (QED) is 0.446. The number of pyridine rings is 1. The number of carbonyl (C=O) groups is 3. The van der Waals surface area contributed by atoms with Crippen LogP contribution in [0, 0.1) is 11.3 Å². The van der Waals surface area contributed by atoms with Crippen LogP contribution in [0.15, 0.2) is 71.5 Å². The SMILES string of the molecule is COc1ccc(CC2(CN3CC4CC(C3)c3cccc(=O)n3C4)C(=O)NC(=O)N(c3ccc(OC)cc3)C2=O)cc1. The highest BCUT2D eigenvalue weighted by molar-refractivity contribution is 6.30. The number of benzene rings is 2. The fourth-order valence-corrected chi connectivity index (χ4v) is 6.59. The van der Waals surface area contributed by atoms with Gasteiger partial charge in [0.15, 0.2) is 0 Å². The average Bonchev–Trinajstić information content (AvgIpc) is 2.97. The van der Waals surface area contributed by atoms with Gasteiger partial charge in [-0.1, -0.05) is 18.2 Å². The molecule has 2 aromatic carbocycles. The van der Waals surface area contributed by atoms with Crippen molar-refractivity contribution in [2.75, 3.05) is 38.8 Å². The summed E-state index contributed by atoms with van der Waals surface area (Å²) in [5.41, 5.74) is 0.537. The molecule has 0 spiro atoms. The van der Waals surface area contributed by atoms with E-state index in [1.165, 1.54) is 7.11 Å². The molecule has 1 N–H and O–H groups in total. The van der Waals surface area contributed by atoms with Crippen LogP contribution in [0.4, 0.5) is 10.5 Å². The molecule has 0 aliphatic carbocycles. The number of rotatable bonds is 7. The molecule has 3 aromatic rings. The number of nitrogens with one attached hydrogen (secondary N) is 1. The van der Waals surface area contributed by atoms with Crippen molar-refractivity contribution >= 4 is 23.5 Å². The lowest BCUT2D eigenvalue weighted by atomic mass is 9.75. The Morgan fingerprint density at radius 2 is 1.54 bits per heavy atom. The van der Waals surface area contributed by atoms with Crippen LogP contribution in [-0.4, -0.2) is 61.2 Å². The number of fused-ring (bicyclic) bond motifs is 4. The van der Waals surface area contributed by atoms with Gasteiger partial charge in [0.25, 0.3) is 11.5 Å².